The summed E-state index contributed by atoms with van der Waals surface area (Å²) in [7, 11) is 1.33. The van der Waals surface area contributed by atoms with E-state index in [1.807, 2.05) is 59.1 Å². The van der Waals surface area contributed by atoms with Crippen LogP contribution in [0.15, 0.2) is 85.2 Å². The Labute approximate surface area is 168 Å². The lowest BCUT2D eigenvalue weighted by molar-refractivity contribution is 0.0600. The molecule has 0 aliphatic carbocycles. The van der Waals surface area contributed by atoms with Crippen molar-refractivity contribution >= 4 is 23.2 Å². The second kappa shape index (κ2) is 7.98. The lowest BCUT2D eigenvalue weighted by Crippen LogP contribution is -2.31. The summed E-state index contributed by atoms with van der Waals surface area (Å²) in [4.78, 5) is 31.1. The maximum Gasteiger partial charge on any atom is 0.337 e. The standard InChI is InChI=1S/C23H19N3O3/c1-29-23(28)18-12-10-17(11-13-18)22(27)26(19-7-3-2-4-8-19)16-20-15-24-21-9-5-6-14-25(20)21/h2-15H,16H2,1H3. The molecule has 0 saturated carbocycles. The molecule has 4 rings (SSSR count). The van der Waals surface area contributed by atoms with Gasteiger partial charge in [-0.3, -0.25) is 4.79 Å². The van der Waals surface area contributed by atoms with Crippen molar-refractivity contribution in [3.8, 4) is 0 Å². The first kappa shape index (κ1) is 18.4. The Morgan fingerprint density at radius 1 is 0.931 bits per heavy atom. The van der Waals surface area contributed by atoms with E-state index in [4.69, 9.17) is 4.74 Å². The van der Waals surface area contributed by atoms with E-state index in [9.17, 15) is 9.59 Å². The number of carbonyl (C=O) groups is 2. The van der Waals surface area contributed by atoms with E-state index >= 15 is 0 Å². The topological polar surface area (TPSA) is 63.9 Å². The van der Waals surface area contributed by atoms with Crippen molar-refractivity contribution < 1.29 is 14.3 Å². The highest BCUT2D eigenvalue weighted by atomic mass is 16.5. The number of aromatic nitrogens is 2. The summed E-state index contributed by atoms with van der Waals surface area (Å²) >= 11 is 0. The number of pyridine rings is 1. The fourth-order valence-corrected chi connectivity index (χ4v) is 3.17. The minimum Gasteiger partial charge on any atom is -0.465 e. The Morgan fingerprint density at radius 3 is 2.34 bits per heavy atom. The van der Waals surface area contributed by atoms with Gasteiger partial charge in [-0.1, -0.05) is 24.3 Å². The minimum absolute atomic E-state index is 0.168. The third kappa shape index (κ3) is 3.73. The molecule has 6 nitrogen and oxygen atoms in total. The molecule has 0 saturated heterocycles. The van der Waals surface area contributed by atoms with Gasteiger partial charge in [0.25, 0.3) is 5.91 Å². The normalized spacial score (nSPS) is 10.7. The van der Waals surface area contributed by atoms with Crippen LogP contribution in [0.1, 0.15) is 26.4 Å². The van der Waals surface area contributed by atoms with Gasteiger partial charge in [0.1, 0.15) is 5.65 Å². The van der Waals surface area contributed by atoms with Gasteiger partial charge in [-0.15, -0.1) is 0 Å². The highest BCUT2D eigenvalue weighted by molar-refractivity contribution is 6.06. The first-order valence-electron chi connectivity index (χ1n) is 9.13. The van der Waals surface area contributed by atoms with Gasteiger partial charge in [-0.2, -0.15) is 0 Å². The molecule has 0 aliphatic heterocycles. The summed E-state index contributed by atoms with van der Waals surface area (Å²) < 4.78 is 6.68. The molecule has 144 valence electrons. The zero-order valence-electron chi connectivity index (χ0n) is 15.9. The molecule has 2 aromatic carbocycles. The van der Waals surface area contributed by atoms with Gasteiger partial charge in [0.15, 0.2) is 0 Å². The SMILES string of the molecule is COC(=O)c1ccc(C(=O)N(Cc2cnc3ccccn23)c2ccccc2)cc1. The number of fused-ring (bicyclic) bond motifs is 1. The Kier molecular flexibility index (Phi) is 5.07. The van der Waals surface area contributed by atoms with Gasteiger partial charge in [0.05, 0.1) is 31.1 Å². The fourth-order valence-electron chi connectivity index (χ4n) is 3.17. The van der Waals surface area contributed by atoms with Crippen LogP contribution in [0.3, 0.4) is 0 Å². The van der Waals surface area contributed by atoms with Crippen molar-refractivity contribution in [2.24, 2.45) is 0 Å². The highest BCUT2D eigenvalue weighted by Gasteiger charge is 2.20. The molecular weight excluding hydrogens is 366 g/mol. The average molecular weight is 385 g/mol. The maximum absolute atomic E-state index is 13.3. The second-order valence-corrected chi connectivity index (χ2v) is 6.47. The number of ether oxygens (including phenoxy) is 1. The molecule has 29 heavy (non-hydrogen) atoms. The minimum atomic E-state index is -0.436. The zero-order valence-corrected chi connectivity index (χ0v) is 15.9. The number of amides is 1. The van der Waals surface area contributed by atoms with Crippen molar-refractivity contribution in [3.63, 3.8) is 0 Å². The van der Waals surface area contributed by atoms with E-state index in [2.05, 4.69) is 4.98 Å². The molecule has 0 spiro atoms. The van der Waals surface area contributed by atoms with E-state index in [0.29, 0.717) is 17.7 Å². The summed E-state index contributed by atoms with van der Waals surface area (Å²) in [5.74, 6) is -0.604. The highest BCUT2D eigenvalue weighted by Crippen LogP contribution is 2.21. The number of imidazole rings is 1. The molecule has 0 fully saturated rings. The molecule has 0 radical (unpaired) electrons. The molecular formula is C23H19N3O3. The molecule has 4 aromatic rings. The van der Waals surface area contributed by atoms with Gasteiger partial charge in [0, 0.05) is 17.4 Å². The lowest BCUT2D eigenvalue weighted by Gasteiger charge is -2.23. The summed E-state index contributed by atoms with van der Waals surface area (Å²) in [5.41, 5.74) is 3.38. The Balaban J connectivity index is 1.69. The van der Waals surface area contributed by atoms with E-state index in [0.717, 1.165) is 17.0 Å². The first-order chi connectivity index (χ1) is 14.2. The van der Waals surface area contributed by atoms with E-state index in [1.165, 1.54) is 7.11 Å². The predicted molar refractivity (Wildman–Crippen MR) is 110 cm³/mol. The molecule has 2 aromatic heterocycles. The second-order valence-electron chi connectivity index (χ2n) is 6.47. The number of rotatable bonds is 5. The van der Waals surface area contributed by atoms with Crippen LogP contribution < -0.4 is 4.90 Å². The van der Waals surface area contributed by atoms with Crippen molar-refractivity contribution in [1.82, 2.24) is 9.38 Å². The largest absolute Gasteiger partial charge is 0.465 e. The first-order valence-corrected chi connectivity index (χ1v) is 9.13. The fraction of sp³-hybridized carbons (Fsp3) is 0.0870. The molecule has 2 heterocycles. The Morgan fingerprint density at radius 2 is 1.62 bits per heavy atom. The van der Waals surface area contributed by atoms with Gasteiger partial charge < -0.3 is 14.0 Å². The predicted octanol–water partition coefficient (Wildman–Crippen LogP) is 3.97. The van der Waals surface area contributed by atoms with Crippen LogP contribution in [0, 0.1) is 0 Å². The maximum atomic E-state index is 13.3. The Bertz CT molecular complexity index is 1150. The monoisotopic (exact) mass is 385 g/mol. The molecule has 0 bridgehead atoms. The molecule has 6 heteroatoms. The molecule has 0 atom stereocenters. The number of hydrogen-bond donors (Lipinski definition) is 0. The average Bonchev–Trinajstić information content (AvgIpc) is 3.20. The third-order valence-electron chi connectivity index (χ3n) is 4.68. The van der Waals surface area contributed by atoms with Gasteiger partial charge in [0.2, 0.25) is 0 Å². The number of methoxy groups -OCH3 is 1. The number of para-hydroxylation sites is 1. The lowest BCUT2D eigenvalue weighted by atomic mass is 10.1. The third-order valence-corrected chi connectivity index (χ3v) is 4.68. The smallest absolute Gasteiger partial charge is 0.337 e. The summed E-state index contributed by atoms with van der Waals surface area (Å²) in [6.07, 6.45) is 3.70. The number of carbonyl (C=O) groups excluding carboxylic acids is 2. The summed E-state index contributed by atoms with van der Waals surface area (Å²) in [6.45, 7) is 0.354. The summed E-state index contributed by atoms with van der Waals surface area (Å²) in [6, 6.07) is 21.7. The van der Waals surface area contributed by atoms with Crippen LogP contribution >= 0.6 is 0 Å². The van der Waals surface area contributed by atoms with Gasteiger partial charge >= 0.3 is 5.97 Å². The van der Waals surface area contributed by atoms with Gasteiger partial charge in [-0.25, -0.2) is 9.78 Å². The van der Waals surface area contributed by atoms with Crippen LogP contribution in [0.25, 0.3) is 5.65 Å². The Hall–Kier alpha value is -3.93. The van der Waals surface area contributed by atoms with Crippen LogP contribution in [0.2, 0.25) is 0 Å². The van der Waals surface area contributed by atoms with E-state index in [1.54, 1.807) is 35.4 Å². The number of benzene rings is 2. The van der Waals surface area contributed by atoms with E-state index in [-0.39, 0.29) is 5.91 Å². The van der Waals surface area contributed by atoms with Crippen LogP contribution in [0.4, 0.5) is 5.69 Å². The van der Waals surface area contributed by atoms with Crippen molar-refractivity contribution in [2.45, 2.75) is 6.54 Å². The quantitative estimate of drug-likeness (QED) is 0.488. The van der Waals surface area contributed by atoms with Crippen LogP contribution in [-0.4, -0.2) is 28.4 Å². The molecule has 1 amide bonds. The molecule has 0 aliphatic rings. The molecule has 0 N–H and O–H groups in total. The number of anilines is 1. The molecule has 0 unspecified atom stereocenters. The van der Waals surface area contributed by atoms with E-state index < -0.39 is 5.97 Å². The summed E-state index contributed by atoms with van der Waals surface area (Å²) in [5, 5.41) is 0. The van der Waals surface area contributed by atoms with Crippen molar-refractivity contribution in [2.75, 3.05) is 12.0 Å². The zero-order chi connectivity index (χ0) is 20.2. The number of nitrogens with zero attached hydrogens (tertiary/aromatic N) is 3. The number of hydrogen-bond acceptors (Lipinski definition) is 4. The van der Waals surface area contributed by atoms with Gasteiger partial charge in [-0.05, 0) is 48.5 Å². The number of esters is 1. The van der Waals surface area contributed by atoms with Crippen molar-refractivity contribution in [1.29, 1.82) is 0 Å². The van der Waals surface area contributed by atoms with Crippen LogP contribution in [-0.2, 0) is 11.3 Å². The van der Waals surface area contributed by atoms with Crippen molar-refractivity contribution in [3.05, 3.63) is 102 Å². The van der Waals surface area contributed by atoms with Crippen LogP contribution in [0.5, 0.6) is 0 Å².